The summed E-state index contributed by atoms with van der Waals surface area (Å²) in [5.41, 5.74) is 5.82. The topological polar surface area (TPSA) is 76.4 Å². The number of aliphatic hydroxyl groups excluding tert-OH is 1. The van der Waals surface area contributed by atoms with Crippen LogP contribution in [0.25, 0.3) is 12.4 Å². The molecule has 2 atom stereocenters. The van der Waals surface area contributed by atoms with Gasteiger partial charge in [-0.05, 0) is 13.3 Å². The summed E-state index contributed by atoms with van der Waals surface area (Å²) in [4.78, 5) is 8.28. The lowest BCUT2D eigenvalue weighted by atomic mass is 10.1. The summed E-state index contributed by atoms with van der Waals surface area (Å²) in [5, 5.41) is 10.5. The first-order chi connectivity index (χ1) is 8.67. The van der Waals surface area contributed by atoms with Crippen molar-refractivity contribution in [3.05, 3.63) is 29.2 Å². The molecule has 0 bridgehead atoms. The van der Waals surface area contributed by atoms with Crippen molar-refractivity contribution in [3.8, 4) is 0 Å². The van der Waals surface area contributed by atoms with E-state index < -0.39 is 0 Å². The molecule has 0 fully saturated rings. The highest BCUT2D eigenvalue weighted by Crippen LogP contribution is 2.25. The molecule has 0 saturated heterocycles. The van der Waals surface area contributed by atoms with E-state index in [4.69, 9.17) is 10.8 Å². The fraction of sp³-hybridized carbons (Fsp3) is 0.385. The molecule has 1 aliphatic rings. The van der Waals surface area contributed by atoms with Gasteiger partial charge in [0.25, 0.3) is 0 Å². The molecular formula is C13H18N4O. The van der Waals surface area contributed by atoms with E-state index in [9.17, 15) is 0 Å². The Hall–Kier alpha value is -1.88. The number of hydrogen-bond acceptors (Lipinski definition) is 4. The van der Waals surface area contributed by atoms with E-state index in [2.05, 4.69) is 22.6 Å². The number of aromatic nitrogens is 2. The lowest BCUT2D eigenvalue weighted by molar-refractivity contribution is 0.244. The number of imidazole rings is 1. The summed E-state index contributed by atoms with van der Waals surface area (Å²) in [6.07, 6.45) is 8.32. The van der Waals surface area contributed by atoms with E-state index in [1.165, 1.54) is 0 Å². The van der Waals surface area contributed by atoms with E-state index in [0.29, 0.717) is 11.2 Å². The van der Waals surface area contributed by atoms with Crippen molar-refractivity contribution in [2.24, 2.45) is 16.6 Å². The zero-order chi connectivity index (χ0) is 13.1. The third-order valence-corrected chi connectivity index (χ3v) is 3.15. The Kier molecular flexibility index (Phi) is 3.62. The van der Waals surface area contributed by atoms with Gasteiger partial charge in [-0.1, -0.05) is 18.7 Å². The van der Waals surface area contributed by atoms with Gasteiger partial charge in [0, 0.05) is 18.7 Å². The third kappa shape index (κ3) is 2.22. The maximum Gasteiger partial charge on any atom is 0.151 e. The van der Waals surface area contributed by atoms with Gasteiger partial charge in [-0.15, -0.1) is 0 Å². The molecule has 0 spiro atoms. The fourth-order valence-corrected chi connectivity index (χ4v) is 2.18. The van der Waals surface area contributed by atoms with E-state index in [1.54, 1.807) is 19.5 Å². The first-order valence-corrected chi connectivity index (χ1v) is 5.96. The number of rotatable bonds is 3. The Labute approximate surface area is 106 Å². The fourth-order valence-electron chi connectivity index (χ4n) is 2.18. The largest absolute Gasteiger partial charge is 0.396 e. The van der Waals surface area contributed by atoms with Crippen LogP contribution in [0.5, 0.6) is 0 Å². The smallest absolute Gasteiger partial charge is 0.151 e. The van der Waals surface area contributed by atoms with Crippen molar-refractivity contribution < 1.29 is 5.11 Å². The molecule has 0 saturated carbocycles. The van der Waals surface area contributed by atoms with Gasteiger partial charge in [-0.25, -0.2) is 9.98 Å². The second kappa shape index (κ2) is 5.18. The maximum atomic E-state index is 9.13. The average Bonchev–Trinajstić information content (AvgIpc) is 2.95. The van der Waals surface area contributed by atoms with Crippen LogP contribution >= 0.6 is 0 Å². The van der Waals surface area contributed by atoms with Gasteiger partial charge < -0.3 is 15.4 Å². The molecule has 1 aromatic heterocycles. The minimum Gasteiger partial charge on any atom is -0.396 e. The monoisotopic (exact) mass is 246 g/mol. The Bertz CT molecular complexity index is 585. The van der Waals surface area contributed by atoms with Crippen molar-refractivity contribution in [3.63, 3.8) is 0 Å². The van der Waals surface area contributed by atoms with Crippen molar-refractivity contribution in [1.29, 1.82) is 0 Å². The molecule has 5 nitrogen and oxygen atoms in total. The SMILES string of the molecule is C=c1/c(=C(N)\N=C/C)ncn1[C@@H]1C=C[C@@H](CO)C1. The standard InChI is InChI=1S/C13H18N4O/c1-3-15-13(14)12-9(2)17(8-16-12)11-5-4-10(6-11)7-18/h3-5,8,10-11,18H,2,6-7,14H2,1H3/b13-12+,15-3-/t10-,11-/m1/s1. The van der Waals surface area contributed by atoms with Crippen LogP contribution in [0.4, 0.5) is 0 Å². The Morgan fingerprint density at radius 1 is 1.72 bits per heavy atom. The first-order valence-electron chi connectivity index (χ1n) is 5.96. The Morgan fingerprint density at radius 3 is 3.11 bits per heavy atom. The van der Waals surface area contributed by atoms with Gasteiger partial charge in [0.1, 0.15) is 5.35 Å². The van der Waals surface area contributed by atoms with Crippen LogP contribution in [-0.2, 0) is 0 Å². The van der Waals surface area contributed by atoms with Crippen LogP contribution in [0, 0.1) is 5.92 Å². The summed E-state index contributed by atoms with van der Waals surface area (Å²) in [7, 11) is 0. The molecule has 1 heterocycles. The number of allylic oxidation sites excluding steroid dienone is 1. The zero-order valence-electron chi connectivity index (χ0n) is 10.5. The predicted octanol–water partition coefficient (Wildman–Crippen LogP) is -0.482. The quantitative estimate of drug-likeness (QED) is 0.558. The molecule has 1 aliphatic carbocycles. The minimum absolute atomic E-state index is 0.176. The second-order valence-corrected chi connectivity index (χ2v) is 4.35. The predicted molar refractivity (Wildman–Crippen MR) is 72.1 cm³/mol. The highest BCUT2D eigenvalue weighted by Gasteiger charge is 2.20. The van der Waals surface area contributed by atoms with Crippen molar-refractivity contribution >= 4 is 18.6 Å². The van der Waals surface area contributed by atoms with Crippen LogP contribution in [0.15, 0.2) is 23.5 Å². The third-order valence-electron chi connectivity index (χ3n) is 3.15. The van der Waals surface area contributed by atoms with Gasteiger partial charge in [-0.2, -0.15) is 0 Å². The van der Waals surface area contributed by atoms with E-state index >= 15 is 0 Å². The molecule has 96 valence electrons. The van der Waals surface area contributed by atoms with Gasteiger partial charge in [-0.3, -0.25) is 0 Å². The molecule has 5 heteroatoms. The summed E-state index contributed by atoms with van der Waals surface area (Å²) < 4.78 is 1.97. The lowest BCUT2D eigenvalue weighted by Crippen LogP contribution is -2.33. The Morgan fingerprint density at radius 2 is 2.50 bits per heavy atom. The molecule has 0 aromatic carbocycles. The molecule has 3 N–H and O–H groups in total. The minimum atomic E-state index is 0.176. The van der Waals surface area contributed by atoms with Crippen LogP contribution in [0.2, 0.25) is 0 Å². The molecule has 0 amide bonds. The van der Waals surface area contributed by atoms with Gasteiger partial charge >= 0.3 is 0 Å². The van der Waals surface area contributed by atoms with Crippen molar-refractivity contribution in [1.82, 2.24) is 9.55 Å². The van der Waals surface area contributed by atoms with E-state index in [-0.39, 0.29) is 18.6 Å². The molecule has 2 rings (SSSR count). The van der Waals surface area contributed by atoms with Crippen molar-refractivity contribution in [2.45, 2.75) is 19.4 Å². The van der Waals surface area contributed by atoms with Crippen LogP contribution < -0.4 is 16.4 Å². The molecule has 0 aliphatic heterocycles. The average molecular weight is 246 g/mol. The van der Waals surface area contributed by atoms with Crippen molar-refractivity contribution in [2.75, 3.05) is 6.61 Å². The summed E-state index contributed by atoms with van der Waals surface area (Å²) in [6, 6.07) is 0.189. The molecule has 0 unspecified atom stereocenters. The highest BCUT2D eigenvalue weighted by molar-refractivity contribution is 5.61. The maximum absolute atomic E-state index is 9.13. The van der Waals surface area contributed by atoms with Crippen LogP contribution in [-0.4, -0.2) is 27.5 Å². The summed E-state index contributed by atoms with van der Waals surface area (Å²) in [6.45, 7) is 5.99. The number of nitrogens with two attached hydrogens (primary N) is 1. The van der Waals surface area contributed by atoms with E-state index in [1.807, 2.05) is 10.6 Å². The zero-order valence-corrected chi connectivity index (χ0v) is 10.5. The van der Waals surface area contributed by atoms with Gasteiger partial charge in [0.2, 0.25) is 0 Å². The van der Waals surface area contributed by atoms with Gasteiger partial charge in [0.05, 0.1) is 17.7 Å². The Balaban J connectivity index is 2.37. The first kappa shape index (κ1) is 12.6. The van der Waals surface area contributed by atoms with Crippen LogP contribution in [0.1, 0.15) is 19.4 Å². The second-order valence-electron chi connectivity index (χ2n) is 4.35. The summed E-state index contributed by atoms with van der Waals surface area (Å²) in [5.74, 6) is 0.595. The highest BCUT2D eigenvalue weighted by atomic mass is 16.3. The molecule has 0 radical (unpaired) electrons. The summed E-state index contributed by atoms with van der Waals surface area (Å²) >= 11 is 0. The number of hydrogen-bond donors (Lipinski definition) is 2. The number of nitrogens with zero attached hydrogens (tertiary/aromatic N) is 3. The molecule has 18 heavy (non-hydrogen) atoms. The normalized spacial score (nSPS) is 25.0. The number of aliphatic hydroxyl groups is 1. The van der Waals surface area contributed by atoms with Gasteiger partial charge in [0.15, 0.2) is 5.82 Å². The lowest BCUT2D eigenvalue weighted by Gasteiger charge is -2.11. The van der Waals surface area contributed by atoms with Crippen LogP contribution in [0.3, 0.4) is 0 Å². The molecule has 1 aromatic rings. The molecular weight excluding hydrogens is 228 g/mol. The number of aliphatic imine (C=N–C) groups is 1. The van der Waals surface area contributed by atoms with E-state index in [0.717, 1.165) is 11.8 Å².